The van der Waals surface area contributed by atoms with Gasteiger partial charge in [0, 0.05) is 6.54 Å². The Morgan fingerprint density at radius 2 is 2.07 bits per heavy atom. The maximum Gasteiger partial charge on any atom is 0.410 e. The van der Waals surface area contributed by atoms with Crippen LogP contribution in [0.3, 0.4) is 0 Å². The van der Waals surface area contributed by atoms with Crippen molar-refractivity contribution in [3.8, 4) is 0 Å². The van der Waals surface area contributed by atoms with Crippen LogP contribution in [0.25, 0.3) is 0 Å². The second-order valence-electron chi connectivity index (χ2n) is 5.61. The van der Waals surface area contributed by atoms with Crippen molar-refractivity contribution in [3.63, 3.8) is 0 Å². The zero-order valence-electron chi connectivity index (χ0n) is 9.56. The Labute approximate surface area is 90.2 Å². The van der Waals surface area contributed by atoms with E-state index in [0.29, 0.717) is 18.4 Å². The number of likely N-dealkylation sites (tertiary alicyclic amines) is 1. The molecule has 1 N–H and O–H groups in total. The molecule has 4 nitrogen and oxygen atoms in total. The van der Waals surface area contributed by atoms with Gasteiger partial charge in [-0.05, 0) is 39.0 Å². The SMILES string of the molecule is CC(C)(C)OC(=O)N1C[C@@H]2C[C@H]2[C@@H](O)C1. The number of ether oxygens (including phenoxy) is 1. The third-order valence-electron chi connectivity index (χ3n) is 2.99. The van der Waals surface area contributed by atoms with Crippen molar-refractivity contribution in [3.05, 3.63) is 0 Å². The van der Waals surface area contributed by atoms with Gasteiger partial charge in [0.15, 0.2) is 0 Å². The molecule has 1 amide bonds. The summed E-state index contributed by atoms with van der Waals surface area (Å²) in [5, 5.41) is 9.69. The third kappa shape index (κ3) is 2.43. The minimum atomic E-state index is -0.456. The first-order chi connectivity index (χ1) is 6.87. The summed E-state index contributed by atoms with van der Waals surface area (Å²) in [6.07, 6.45) is 0.406. The first kappa shape index (κ1) is 10.7. The number of piperidine rings is 1. The first-order valence-corrected chi connectivity index (χ1v) is 5.53. The van der Waals surface area contributed by atoms with Gasteiger partial charge >= 0.3 is 6.09 Å². The van der Waals surface area contributed by atoms with E-state index in [1.807, 2.05) is 20.8 Å². The topological polar surface area (TPSA) is 49.8 Å². The van der Waals surface area contributed by atoms with E-state index in [-0.39, 0.29) is 12.2 Å². The van der Waals surface area contributed by atoms with Crippen LogP contribution in [-0.4, -0.2) is 40.9 Å². The number of fused-ring (bicyclic) bond motifs is 1. The van der Waals surface area contributed by atoms with Crippen molar-refractivity contribution in [2.24, 2.45) is 11.8 Å². The zero-order chi connectivity index (χ0) is 11.2. The molecule has 1 heterocycles. The normalized spacial score (nSPS) is 34.7. The van der Waals surface area contributed by atoms with Crippen LogP contribution in [0.4, 0.5) is 4.79 Å². The Balaban J connectivity index is 1.90. The zero-order valence-corrected chi connectivity index (χ0v) is 9.56. The lowest BCUT2D eigenvalue weighted by molar-refractivity contribution is 0.00134. The molecule has 3 atom stereocenters. The molecule has 0 aromatic rings. The summed E-state index contributed by atoms with van der Waals surface area (Å²) in [5.41, 5.74) is -0.456. The van der Waals surface area contributed by atoms with Crippen LogP contribution in [-0.2, 0) is 4.74 Å². The highest BCUT2D eigenvalue weighted by atomic mass is 16.6. The molecule has 0 bridgehead atoms. The monoisotopic (exact) mass is 213 g/mol. The second-order valence-corrected chi connectivity index (χ2v) is 5.61. The minimum Gasteiger partial charge on any atom is -0.444 e. The van der Waals surface area contributed by atoms with Crippen molar-refractivity contribution >= 4 is 6.09 Å². The van der Waals surface area contributed by atoms with Crippen LogP contribution in [0.5, 0.6) is 0 Å². The van der Waals surface area contributed by atoms with Crippen molar-refractivity contribution in [1.82, 2.24) is 4.90 Å². The molecule has 0 unspecified atom stereocenters. The summed E-state index contributed by atoms with van der Waals surface area (Å²) in [5.74, 6) is 0.935. The molecule has 1 aliphatic heterocycles. The van der Waals surface area contributed by atoms with Crippen molar-refractivity contribution in [1.29, 1.82) is 0 Å². The van der Waals surface area contributed by atoms with Gasteiger partial charge in [-0.2, -0.15) is 0 Å². The molecule has 0 aromatic carbocycles. The van der Waals surface area contributed by atoms with Crippen molar-refractivity contribution < 1.29 is 14.6 Å². The summed E-state index contributed by atoms with van der Waals surface area (Å²) in [7, 11) is 0. The Hall–Kier alpha value is -0.770. The highest BCUT2D eigenvalue weighted by molar-refractivity contribution is 5.68. The predicted molar refractivity (Wildman–Crippen MR) is 55.4 cm³/mol. The van der Waals surface area contributed by atoms with Gasteiger partial charge < -0.3 is 14.7 Å². The van der Waals surface area contributed by atoms with Crippen LogP contribution in [0, 0.1) is 11.8 Å². The molecule has 0 aromatic heterocycles. The Kier molecular flexibility index (Phi) is 2.41. The van der Waals surface area contributed by atoms with E-state index in [4.69, 9.17) is 4.74 Å². The maximum absolute atomic E-state index is 11.7. The Bertz CT molecular complexity index is 271. The molecule has 1 saturated heterocycles. The van der Waals surface area contributed by atoms with E-state index in [1.54, 1.807) is 4.90 Å². The molecule has 2 fully saturated rings. The molecule has 2 rings (SSSR count). The lowest BCUT2D eigenvalue weighted by atomic mass is 10.1. The fourth-order valence-corrected chi connectivity index (χ4v) is 2.15. The molecule has 0 spiro atoms. The van der Waals surface area contributed by atoms with E-state index >= 15 is 0 Å². The van der Waals surface area contributed by atoms with Crippen LogP contribution < -0.4 is 0 Å². The molecule has 2 aliphatic rings. The van der Waals surface area contributed by atoms with E-state index in [0.717, 1.165) is 13.0 Å². The Morgan fingerprint density at radius 3 is 2.60 bits per heavy atom. The number of aliphatic hydroxyl groups excluding tert-OH is 1. The summed E-state index contributed by atoms with van der Waals surface area (Å²) in [4.78, 5) is 13.3. The van der Waals surface area contributed by atoms with Crippen LogP contribution in [0.1, 0.15) is 27.2 Å². The first-order valence-electron chi connectivity index (χ1n) is 5.53. The Morgan fingerprint density at radius 1 is 1.40 bits per heavy atom. The number of amides is 1. The smallest absolute Gasteiger partial charge is 0.410 e. The van der Waals surface area contributed by atoms with E-state index in [2.05, 4.69) is 0 Å². The van der Waals surface area contributed by atoms with Gasteiger partial charge in [-0.15, -0.1) is 0 Å². The van der Waals surface area contributed by atoms with Gasteiger partial charge in [0.25, 0.3) is 0 Å². The number of rotatable bonds is 0. The molecule has 1 aliphatic carbocycles. The second kappa shape index (κ2) is 3.37. The molecule has 1 saturated carbocycles. The van der Waals surface area contributed by atoms with Gasteiger partial charge in [0.05, 0.1) is 12.6 Å². The molecule has 4 heteroatoms. The fourth-order valence-electron chi connectivity index (χ4n) is 2.15. The quantitative estimate of drug-likeness (QED) is 0.658. The summed E-state index contributed by atoms with van der Waals surface area (Å²) >= 11 is 0. The lowest BCUT2D eigenvalue weighted by Crippen LogP contribution is -2.45. The van der Waals surface area contributed by atoms with Crippen LogP contribution >= 0.6 is 0 Å². The van der Waals surface area contributed by atoms with E-state index in [9.17, 15) is 9.90 Å². The van der Waals surface area contributed by atoms with Gasteiger partial charge in [-0.1, -0.05) is 0 Å². The number of carbonyl (C=O) groups is 1. The number of aliphatic hydroxyl groups is 1. The number of hydrogen-bond acceptors (Lipinski definition) is 3. The predicted octanol–water partition coefficient (Wildman–Crippen LogP) is 1.23. The highest BCUT2D eigenvalue weighted by Gasteiger charge is 2.48. The molecule has 15 heavy (non-hydrogen) atoms. The number of hydrogen-bond donors (Lipinski definition) is 1. The number of carbonyl (C=O) groups excluding carboxylic acids is 1. The minimum absolute atomic E-state index is 0.299. The number of β-amino-alcohol motifs (C(OH)–C–C–N with tert-alkyl or cyclic N) is 1. The van der Waals surface area contributed by atoms with Crippen LogP contribution in [0.2, 0.25) is 0 Å². The van der Waals surface area contributed by atoms with E-state index in [1.165, 1.54) is 0 Å². The fraction of sp³-hybridized carbons (Fsp3) is 0.909. The van der Waals surface area contributed by atoms with Gasteiger partial charge in [0.1, 0.15) is 5.60 Å². The summed E-state index contributed by atoms with van der Waals surface area (Å²) in [6.45, 7) is 6.73. The summed E-state index contributed by atoms with van der Waals surface area (Å²) in [6, 6.07) is 0. The van der Waals surface area contributed by atoms with Crippen molar-refractivity contribution in [2.75, 3.05) is 13.1 Å². The lowest BCUT2D eigenvalue weighted by Gasteiger charge is -2.31. The largest absolute Gasteiger partial charge is 0.444 e. The van der Waals surface area contributed by atoms with Gasteiger partial charge in [0.2, 0.25) is 0 Å². The van der Waals surface area contributed by atoms with Crippen molar-refractivity contribution in [2.45, 2.75) is 38.9 Å². The number of nitrogens with zero attached hydrogens (tertiary/aromatic N) is 1. The maximum atomic E-state index is 11.7. The standard InChI is InChI=1S/C11H19NO3/c1-11(2,3)15-10(14)12-5-7-4-8(7)9(13)6-12/h7-9,13H,4-6H2,1-3H3/t7-,8+,9-/m0/s1. The summed E-state index contributed by atoms with van der Waals surface area (Å²) < 4.78 is 5.27. The van der Waals surface area contributed by atoms with Crippen LogP contribution in [0.15, 0.2) is 0 Å². The average Bonchev–Trinajstić information content (AvgIpc) is 2.79. The van der Waals surface area contributed by atoms with E-state index < -0.39 is 5.60 Å². The molecule has 0 radical (unpaired) electrons. The molecular formula is C11H19NO3. The highest BCUT2D eigenvalue weighted by Crippen LogP contribution is 2.45. The molecule has 86 valence electrons. The third-order valence-corrected chi connectivity index (χ3v) is 2.99. The molecular weight excluding hydrogens is 194 g/mol. The average molecular weight is 213 g/mol. The van der Waals surface area contributed by atoms with Gasteiger partial charge in [-0.25, -0.2) is 4.79 Å². The van der Waals surface area contributed by atoms with Gasteiger partial charge in [-0.3, -0.25) is 0 Å².